The van der Waals surface area contributed by atoms with Crippen LogP contribution in [0.4, 0.5) is 17.1 Å². The molecular weight excluding hydrogens is 509 g/mol. The highest BCUT2D eigenvalue weighted by molar-refractivity contribution is 7.93. The van der Waals surface area contributed by atoms with Crippen LogP contribution in [0.2, 0.25) is 10.0 Å². The molecule has 3 aromatic rings. The Kier molecular flexibility index (Phi) is 6.81. The molecule has 10 heteroatoms. The highest BCUT2D eigenvalue weighted by Crippen LogP contribution is 2.38. The Hall–Kier alpha value is -3.07. The summed E-state index contributed by atoms with van der Waals surface area (Å²) in [6, 6.07) is 13.4. The van der Waals surface area contributed by atoms with Crippen molar-refractivity contribution in [1.29, 1.82) is 0 Å². The van der Waals surface area contributed by atoms with Gasteiger partial charge in [-0.05, 0) is 73.9 Å². The summed E-state index contributed by atoms with van der Waals surface area (Å²) in [5.74, 6) is -1.16. The third kappa shape index (κ3) is 4.87. The van der Waals surface area contributed by atoms with Gasteiger partial charge in [0.1, 0.15) is 6.04 Å². The normalized spacial score (nSPS) is 15.4. The van der Waals surface area contributed by atoms with Gasteiger partial charge >= 0.3 is 0 Å². The summed E-state index contributed by atoms with van der Waals surface area (Å²) in [4.78, 5) is 26.1. The van der Waals surface area contributed by atoms with E-state index in [-0.39, 0.29) is 10.6 Å². The van der Waals surface area contributed by atoms with Crippen molar-refractivity contribution in [2.75, 3.05) is 14.9 Å². The van der Waals surface area contributed by atoms with Crippen LogP contribution >= 0.6 is 23.2 Å². The first-order valence-electron chi connectivity index (χ1n) is 10.8. The number of aryl methyl sites for hydroxylation is 3. The second kappa shape index (κ2) is 9.53. The average Bonchev–Trinajstić information content (AvgIpc) is 2.78. The lowest BCUT2D eigenvalue weighted by atomic mass is 10.1. The van der Waals surface area contributed by atoms with Crippen molar-refractivity contribution in [1.82, 2.24) is 0 Å². The number of halogens is 2. The van der Waals surface area contributed by atoms with Crippen LogP contribution in [-0.4, -0.2) is 26.3 Å². The zero-order chi connectivity index (χ0) is 25.5. The van der Waals surface area contributed by atoms with E-state index in [4.69, 9.17) is 23.2 Å². The van der Waals surface area contributed by atoms with Gasteiger partial charge in [-0.3, -0.25) is 13.9 Å². The van der Waals surface area contributed by atoms with E-state index in [2.05, 4.69) is 10.6 Å². The molecule has 7 nitrogen and oxygen atoms in total. The van der Waals surface area contributed by atoms with Gasteiger partial charge in [-0.1, -0.05) is 41.4 Å². The second-order valence-corrected chi connectivity index (χ2v) is 11.0. The summed E-state index contributed by atoms with van der Waals surface area (Å²) in [7, 11) is -4.25. The van der Waals surface area contributed by atoms with Crippen LogP contribution in [0.15, 0.2) is 59.5 Å². The van der Waals surface area contributed by atoms with Crippen LogP contribution < -0.4 is 14.9 Å². The van der Waals surface area contributed by atoms with E-state index >= 15 is 0 Å². The molecule has 0 saturated heterocycles. The third-order valence-electron chi connectivity index (χ3n) is 5.75. The average molecular weight is 532 g/mol. The molecule has 1 heterocycles. The molecule has 0 fully saturated rings. The molecule has 0 aromatic heterocycles. The van der Waals surface area contributed by atoms with E-state index < -0.39 is 34.3 Å². The Morgan fingerprint density at radius 2 is 1.71 bits per heavy atom. The number of nitrogens with zero attached hydrogens (tertiary/aromatic N) is 1. The minimum absolute atomic E-state index is 0.0102. The van der Waals surface area contributed by atoms with Crippen molar-refractivity contribution < 1.29 is 18.0 Å². The van der Waals surface area contributed by atoms with E-state index in [1.807, 2.05) is 6.92 Å². The number of carbonyl (C=O) groups excluding carboxylic acids is 2. The van der Waals surface area contributed by atoms with Gasteiger partial charge in [-0.25, -0.2) is 8.42 Å². The number of para-hydroxylation sites is 2. The first-order valence-corrected chi connectivity index (χ1v) is 13.0. The summed E-state index contributed by atoms with van der Waals surface area (Å²) in [6.07, 6.45) is -0.421. The molecule has 0 saturated carbocycles. The van der Waals surface area contributed by atoms with Gasteiger partial charge < -0.3 is 10.6 Å². The third-order valence-corrected chi connectivity index (χ3v) is 8.45. The smallest absolute Gasteiger partial charge is 0.265 e. The van der Waals surface area contributed by atoms with E-state index in [0.717, 1.165) is 9.87 Å². The van der Waals surface area contributed by atoms with Gasteiger partial charge in [-0.15, -0.1) is 0 Å². The predicted molar refractivity (Wildman–Crippen MR) is 139 cm³/mol. The monoisotopic (exact) mass is 531 g/mol. The maximum Gasteiger partial charge on any atom is 0.265 e. The molecule has 0 radical (unpaired) electrons. The minimum atomic E-state index is -4.25. The van der Waals surface area contributed by atoms with Crippen LogP contribution in [0, 0.1) is 20.8 Å². The fourth-order valence-electron chi connectivity index (χ4n) is 3.98. The van der Waals surface area contributed by atoms with Crippen molar-refractivity contribution in [3.8, 4) is 0 Å². The molecular formula is C25H23Cl2N3O4S. The minimum Gasteiger partial charge on any atom is -0.325 e. The first-order chi connectivity index (χ1) is 16.5. The Morgan fingerprint density at radius 3 is 2.46 bits per heavy atom. The van der Waals surface area contributed by atoms with Crippen molar-refractivity contribution in [2.45, 2.75) is 38.1 Å². The van der Waals surface area contributed by atoms with Gasteiger partial charge in [0.05, 0.1) is 33.4 Å². The predicted octanol–water partition coefficient (Wildman–Crippen LogP) is 5.46. The van der Waals surface area contributed by atoms with E-state index in [1.165, 1.54) is 6.07 Å². The standard InChI is InChI=1S/C25H23Cl2N3O4S/c1-14-8-9-17(26)20(10-14)28-24(31)13-22-25(32)29-19-6-4-5-7-21(19)30(22)35(33,34)23-12-15(2)18(27)11-16(23)3/h4-12,22H,13H2,1-3H3,(H,28,31)(H,29,32). The lowest BCUT2D eigenvalue weighted by Crippen LogP contribution is -2.52. The van der Waals surface area contributed by atoms with Crippen LogP contribution in [0.3, 0.4) is 0 Å². The van der Waals surface area contributed by atoms with E-state index in [0.29, 0.717) is 32.5 Å². The molecule has 2 amide bonds. The summed E-state index contributed by atoms with van der Waals surface area (Å²) >= 11 is 12.4. The number of amides is 2. The van der Waals surface area contributed by atoms with Crippen molar-refractivity contribution in [3.05, 3.63) is 81.3 Å². The highest BCUT2D eigenvalue weighted by Gasteiger charge is 2.42. The molecule has 0 aliphatic carbocycles. The lowest BCUT2D eigenvalue weighted by molar-refractivity contribution is -0.122. The van der Waals surface area contributed by atoms with Crippen molar-refractivity contribution in [3.63, 3.8) is 0 Å². The Labute approximate surface area is 214 Å². The molecule has 1 unspecified atom stereocenters. The Bertz CT molecular complexity index is 1460. The van der Waals surface area contributed by atoms with Gasteiger partial charge in [0.2, 0.25) is 11.8 Å². The van der Waals surface area contributed by atoms with E-state index in [9.17, 15) is 18.0 Å². The summed E-state index contributed by atoms with van der Waals surface area (Å²) < 4.78 is 29.0. The van der Waals surface area contributed by atoms with Crippen LogP contribution in [0.5, 0.6) is 0 Å². The lowest BCUT2D eigenvalue weighted by Gasteiger charge is -2.37. The molecule has 1 aliphatic heterocycles. The number of fused-ring (bicyclic) bond motifs is 1. The molecule has 2 N–H and O–H groups in total. The number of nitrogens with one attached hydrogen (secondary N) is 2. The fourth-order valence-corrected chi connectivity index (χ4v) is 6.29. The number of rotatable bonds is 5. The molecule has 3 aromatic carbocycles. The second-order valence-electron chi connectivity index (χ2n) is 8.43. The zero-order valence-electron chi connectivity index (χ0n) is 19.2. The van der Waals surface area contributed by atoms with E-state index in [1.54, 1.807) is 62.4 Å². The number of hydrogen-bond donors (Lipinski definition) is 2. The molecule has 4 rings (SSSR count). The van der Waals surface area contributed by atoms with Crippen LogP contribution in [0.25, 0.3) is 0 Å². The van der Waals surface area contributed by atoms with Crippen LogP contribution in [0.1, 0.15) is 23.1 Å². The van der Waals surface area contributed by atoms with Crippen molar-refractivity contribution in [2.24, 2.45) is 0 Å². The van der Waals surface area contributed by atoms with Crippen LogP contribution in [-0.2, 0) is 19.6 Å². The number of sulfonamides is 1. The van der Waals surface area contributed by atoms with Gasteiger partial charge in [-0.2, -0.15) is 0 Å². The van der Waals surface area contributed by atoms with Gasteiger partial charge in [0.15, 0.2) is 0 Å². The molecule has 182 valence electrons. The van der Waals surface area contributed by atoms with Crippen molar-refractivity contribution >= 4 is 62.1 Å². The number of anilines is 3. The molecule has 0 bridgehead atoms. The summed E-state index contributed by atoms with van der Waals surface area (Å²) in [5.41, 5.74) is 2.87. The fraction of sp³-hybridized carbons (Fsp3) is 0.200. The number of hydrogen-bond acceptors (Lipinski definition) is 4. The maximum atomic E-state index is 14.0. The van der Waals surface area contributed by atoms with Gasteiger partial charge in [0.25, 0.3) is 10.0 Å². The zero-order valence-corrected chi connectivity index (χ0v) is 21.6. The summed E-state index contributed by atoms with van der Waals surface area (Å²) in [6.45, 7) is 5.19. The first kappa shape index (κ1) is 25.0. The topological polar surface area (TPSA) is 95.6 Å². The Balaban J connectivity index is 1.77. The highest BCUT2D eigenvalue weighted by atomic mass is 35.5. The van der Waals surface area contributed by atoms with Gasteiger partial charge in [0, 0.05) is 5.02 Å². The Morgan fingerprint density at radius 1 is 1.00 bits per heavy atom. The molecule has 1 aliphatic rings. The number of benzene rings is 3. The molecule has 1 atom stereocenters. The molecule has 35 heavy (non-hydrogen) atoms. The SMILES string of the molecule is Cc1ccc(Cl)c(NC(=O)CC2C(=O)Nc3ccccc3N2S(=O)(=O)c2cc(C)c(Cl)cc2C)c1. The quantitative estimate of drug-likeness (QED) is 0.456. The molecule has 0 spiro atoms. The maximum absolute atomic E-state index is 14.0. The largest absolute Gasteiger partial charge is 0.325 e. The summed E-state index contributed by atoms with van der Waals surface area (Å²) in [5, 5.41) is 6.18. The number of carbonyl (C=O) groups is 2.